The molecule has 1 fully saturated rings. The number of amides is 2. The molecular formula is C19H22N2O2. The quantitative estimate of drug-likeness (QED) is 0.922. The predicted molar refractivity (Wildman–Crippen MR) is 90.6 cm³/mol. The molecule has 1 N–H and O–H groups in total. The molecule has 2 aromatic carbocycles. The van der Waals surface area contributed by atoms with Crippen LogP contribution in [0.3, 0.4) is 0 Å². The molecule has 120 valence electrons. The molecule has 1 aliphatic heterocycles. The second-order valence-corrected chi connectivity index (χ2v) is 5.76. The SMILES string of the molecule is O=C(NCCc1ccccc1)N1CCC(Oc2ccccc2)C1. The summed E-state index contributed by atoms with van der Waals surface area (Å²) in [5.41, 5.74) is 1.24. The Hall–Kier alpha value is -2.49. The van der Waals surface area contributed by atoms with Gasteiger partial charge in [0.1, 0.15) is 11.9 Å². The molecule has 0 aromatic heterocycles. The molecule has 2 aromatic rings. The number of rotatable bonds is 5. The number of carbonyl (C=O) groups is 1. The number of urea groups is 1. The van der Waals surface area contributed by atoms with E-state index in [1.807, 2.05) is 53.4 Å². The van der Waals surface area contributed by atoms with E-state index in [9.17, 15) is 4.79 Å². The minimum atomic E-state index is 0.0000859. The van der Waals surface area contributed by atoms with Crippen LogP contribution in [0.1, 0.15) is 12.0 Å². The highest BCUT2D eigenvalue weighted by Crippen LogP contribution is 2.17. The molecule has 0 saturated carbocycles. The smallest absolute Gasteiger partial charge is 0.317 e. The summed E-state index contributed by atoms with van der Waals surface area (Å²) in [5, 5.41) is 2.99. The molecule has 2 amide bonds. The van der Waals surface area contributed by atoms with E-state index in [4.69, 9.17) is 4.74 Å². The van der Waals surface area contributed by atoms with Gasteiger partial charge in [-0.2, -0.15) is 0 Å². The fourth-order valence-electron chi connectivity index (χ4n) is 2.77. The van der Waals surface area contributed by atoms with Crippen LogP contribution in [0.15, 0.2) is 60.7 Å². The average molecular weight is 310 g/mol. The van der Waals surface area contributed by atoms with Crippen LogP contribution in [0.25, 0.3) is 0 Å². The summed E-state index contributed by atoms with van der Waals surface area (Å²) in [6.07, 6.45) is 1.81. The molecule has 0 aliphatic carbocycles. The Labute approximate surface area is 137 Å². The Morgan fingerprint density at radius 1 is 1.09 bits per heavy atom. The van der Waals surface area contributed by atoms with Gasteiger partial charge in [-0.1, -0.05) is 48.5 Å². The van der Waals surface area contributed by atoms with Crippen molar-refractivity contribution in [1.82, 2.24) is 10.2 Å². The Morgan fingerprint density at radius 3 is 2.52 bits per heavy atom. The molecule has 4 nitrogen and oxygen atoms in total. The van der Waals surface area contributed by atoms with Crippen LogP contribution in [0.2, 0.25) is 0 Å². The van der Waals surface area contributed by atoms with Crippen molar-refractivity contribution >= 4 is 6.03 Å². The summed E-state index contributed by atoms with van der Waals surface area (Å²) in [6.45, 7) is 2.05. The van der Waals surface area contributed by atoms with Crippen LogP contribution in [0.4, 0.5) is 4.79 Å². The van der Waals surface area contributed by atoms with E-state index >= 15 is 0 Å². The second-order valence-electron chi connectivity index (χ2n) is 5.76. The molecule has 1 heterocycles. The first-order valence-electron chi connectivity index (χ1n) is 8.09. The van der Waals surface area contributed by atoms with Gasteiger partial charge < -0.3 is 15.0 Å². The zero-order valence-corrected chi connectivity index (χ0v) is 13.2. The first-order chi connectivity index (χ1) is 11.3. The number of ether oxygens (including phenoxy) is 1. The monoisotopic (exact) mass is 310 g/mol. The molecule has 1 aliphatic rings. The largest absolute Gasteiger partial charge is 0.489 e. The molecule has 1 saturated heterocycles. The van der Waals surface area contributed by atoms with E-state index in [1.165, 1.54) is 5.56 Å². The predicted octanol–water partition coefficient (Wildman–Crippen LogP) is 3.09. The molecule has 1 atom stereocenters. The van der Waals surface area contributed by atoms with Crippen molar-refractivity contribution in [2.75, 3.05) is 19.6 Å². The van der Waals surface area contributed by atoms with Crippen molar-refractivity contribution in [2.45, 2.75) is 18.9 Å². The maximum absolute atomic E-state index is 12.2. The molecule has 3 rings (SSSR count). The fourth-order valence-corrected chi connectivity index (χ4v) is 2.77. The zero-order valence-electron chi connectivity index (χ0n) is 13.2. The number of carbonyl (C=O) groups excluding carboxylic acids is 1. The lowest BCUT2D eigenvalue weighted by molar-refractivity contribution is 0.187. The van der Waals surface area contributed by atoms with Crippen molar-refractivity contribution in [3.05, 3.63) is 66.2 Å². The zero-order chi connectivity index (χ0) is 15.9. The van der Waals surface area contributed by atoms with Crippen LogP contribution in [0.5, 0.6) is 5.75 Å². The van der Waals surface area contributed by atoms with Gasteiger partial charge in [0.05, 0.1) is 6.54 Å². The molecule has 0 bridgehead atoms. The lowest BCUT2D eigenvalue weighted by atomic mass is 10.1. The average Bonchev–Trinajstić information content (AvgIpc) is 3.05. The normalized spacial score (nSPS) is 17.0. The van der Waals surface area contributed by atoms with Crippen molar-refractivity contribution < 1.29 is 9.53 Å². The van der Waals surface area contributed by atoms with Crippen molar-refractivity contribution in [1.29, 1.82) is 0 Å². The molecule has 4 heteroatoms. The lowest BCUT2D eigenvalue weighted by Gasteiger charge is -2.18. The van der Waals surface area contributed by atoms with Crippen LogP contribution in [0, 0.1) is 0 Å². The van der Waals surface area contributed by atoms with Gasteiger partial charge in [-0.15, -0.1) is 0 Å². The number of benzene rings is 2. The summed E-state index contributed by atoms with van der Waals surface area (Å²) in [7, 11) is 0. The Kier molecular flexibility index (Phi) is 5.14. The molecular weight excluding hydrogens is 288 g/mol. The van der Waals surface area contributed by atoms with Gasteiger partial charge in [0.2, 0.25) is 0 Å². The summed E-state index contributed by atoms with van der Waals surface area (Å²) in [5.74, 6) is 0.865. The van der Waals surface area contributed by atoms with E-state index in [0.717, 1.165) is 25.1 Å². The third-order valence-corrected chi connectivity index (χ3v) is 4.01. The van der Waals surface area contributed by atoms with Gasteiger partial charge in [-0.25, -0.2) is 4.79 Å². The molecule has 1 unspecified atom stereocenters. The molecule has 0 spiro atoms. The summed E-state index contributed by atoms with van der Waals surface area (Å²) in [4.78, 5) is 14.0. The number of hydrogen-bond donors (Lipinski definition) is 1. The third-order valence-electron chi connectivity index (χ3n) is 4.01. The standard InChI is InChI=1S/C19H22N2O2/c22-19(20-13-11-16-7-3-1-4-8-16)21-14-12-18(15-21)23-17-9-5-2-6-10-17/h1-10,18H,11-15H2,(H,20,22). The van der Waals surface area contributed by atoms with E-state index in [2.05, 4.69) is 17.4 Å². The van der Waals surface area contributed by atoms with Crippen molar-refractivity contribution in [3.63, 3.8) is 0 Å². The second kappa shape index (κ2) is 7.68. The van der Waals surface area contributed by atoms with Crippen LogP contribution < -0.4 is 10.1 Å². The summed E-state index contributed by atoms with van der Waals surface area (Å²) < 4.78 is 5.91. The van der Waals surface area contributed by atoms with E-state index < -0.39 is 0 Å². The first-order valence-corrected chi connectivity index (χ1v) is 8.09. The minimum absolute atomic E-state index is 0.0000859. The van der Waals surface area contributed by atoms with Gasteiger partial charge in [0.25, 0.3) is 0 Å². The van der Waals surface area contributed by atoms with Crippen LogP contribution in [-0.4, -0.2) is 36.7 Å². The third kappa shape index (κ3) is 4.49. The lowest BCUT2D eigenvalue weighted by Crippen LogP contribution is -2.40. The van der Waals surface area contributed by atoms with Crippen LogP contribution >= 0.6 is 0 Å². The van der Waals surface area contributed by atoms with E-state index in [0.29, 0.717) is 13.1 Å². The van der Waals surface area contributed by atoms with E-state index in [1.54, 1.807) is 0 Å². The number of likely N-dealkylation sites (tertiary alicyclic amines) is 1. The Bertz CT molecular complexity index is 616. The molecule has 0 radical (unpaired) electrons. The highest BCUT2D eigenvalue weighted by Gasteiger charge is 2.27. The van der Waals surface area contributed by atoms with Gasteiger partial charge in [0, 0.05) is 19.5 Å². The van der Waals surface area contributed by atoms with Gasteiger partial charge in [-0.3, -0.25) is 0 Å². The maximum atomic E-state index is 12.2. The first kappa shape index (κ1) is 15.4. The van der Waals surface area contributed by atoms with E-state index in [-0.39, 0.29) is 12.1 Å². The number of para-hydroxylation sites is 1. The maximum Gasteiger partial charge on any atom is 0.317 e. The van der Waals surface area contributed by atoms with Crippen LogP contribution in [-0.2, 0) is 6.42 Å². The van der Waals surface area contributed by atoms with Crippen molar-refractivity contribution in [2.24, 2.45) is 0 Å². The fraction of sp³-hybridized carbons (Fsp3) is 0.316. The Balaban J connectivity index is 1.41. The van der Waals surface area contributed by atoms with Gasteiger partial charge >= 0.3 is 6.03 Å². The number of nitrogens with one attached hydrogen (secondary N) is 1. The minimum Gasteiger partial charge on any atom is -0.489 e. The van der Waals surface area contributed by atoms with Gasteiger partial charge in [-0.05, 0) is 24.1 Å². The van der Waals surface area contributed by atoms with Gasteiger partial charge in [0.15, 0.2) is 0 Å². The molecule has 23 heavy (non-hydrogen) atoms. The summed E-state index contributed by atoms with van der Waals surface area (Å²) >= 11 is 0. The number of hydrogen-bond acceptors (Lipinski definition) is 2. The highest BCUT2D eigenvalue weighted by molar-refractivity contribution is 5.74. The summed E-state index contributed by atoms with van der Waals surface area (Å²) in [6, 6.07) is 20.0. The topological polar surface area (TPSA) is 41.6 Å². The Morgan fingerprint density at radius 2 is 1.78 bits per heavy atom. The van der Waals surface area contributed by atoms with Crippen molar-refractivity contribution in [3.8, 4) is 5.75 Å². The highest BCUT2D eigenvalue weighted by atomic mass is 16.5. The number of nitrogens with zero attached hydrogens (tertiary/aromatic N) is 1.